The van der Waals surface area contributed by atoms with Crippen molar-refractivity contribution < 1.29 is 31.6 Å². The summed E-state index contributed by atoms with van der Waals surface area (Å²) in [5.41, 5.74) is -1.89. The van der Waals surface area contributed by atoms with Gasteiger partial charge in [0.05, 0.1) is 24.6 Å². The average molecular weight is 462 g/mol. The second kappa shape index (κ2) is 8.90. The molecule has 1 aromatic rings. The molecule has 148 valence electrons. The zero-order valence-corrected chi connectivity index (χ0v) is 17.1. The first-order valence-corrected chi connectivity index (χ1v) is 9.61. The Bertz CT molecular complexity index is 650. The topological polar surface area (TPSA) is 61.4 Å². The van der Waals surface area contributed by atoms with Crippen LogP contribution in [0.2, 0.25) is 0 Å². The van der Waals surface area contributed by atoms with Crippen molar-refractivity contribution in [2.75, 3.05) is 6.61 Å². The van der Waals surface area contributed by atoms with Crippen molar-refractivity contribution in [1.29, 1.82) is 0 Å². The van der Waals surface area contributed by atoms with Gasteiger partial charge in [0.1, 0.15) is 10.6 Å². The van der Waals surface area contributed by atoms with Crippen molar-refractivity contribution in [3.8, 4) is 0 Å². The van der Waals surface area contributed by atoms with Crippen LogP contribution in [0.15, 0.2) is 16.6 Å². The molecular formula is C16H20BrF4NO3S. The minimum Gasteiger partial charge on any atom is -0.598 e. The third-order valence-electron chi connectivity index (χ3n) is 3.23. The van der Waals surface area contributed by atoms with Gasteiger partial charge >= 0.3 is 12.1 Å². The van der Waals surface area contributed by atoms with Crippen molar-refractivity contribution in [3.63, 3.8) is 0 Å². The van der Waals surface area contributed by atoms with Crippen LogP contribution < -0.4 is 4.72 Å². The van der Waals surface area contributed by atoms with E-state index < -0.39 is 57.7 Å². The van der Waals surface area contributed by atoms with Crippen molar-refractivity contribution in [2.45, 2.75) is 51.1 Å². The highest BCUT2D eigenvalue weighted by Crippen LogP contribution is 2.37. The van der Waals surface area contributed by atoms with Gasteiger partial charge < -0.3 is 9.29 Å². The van der Waals surface area contributed by atoms with E-state index in [4.69, 9.17) is 4.74 Å². The molecule has 1 rings (SSSR count). The molecule has 0 saturated carbocycles. The summed E-state index contributed by atoms with van der Waals surface area (Å²) in [6.45, 7) is 6.53. The van der Waals surface area contributed by atoms with Gasteiger partial charge in [0.2, 0.25) is 0 Å². The van der Waals surface area contributed by atoms with E-state index in [-0.39, 0.29) is 11.1 Å². The Balaban J connectivity index is 3.37. The standard InChI is InChI=1S/C16H20BrF4NO3S/c1-5-25-13(23)8-12(22-26(24)15(2,3)4)10-6-9(17)7-11(14(10)18)16(19,20)21/h6-7,12,22H,5,8H2,1-4H3/t12?,26-/m1/s1. The third-order valence-corrected chi connectivity index (χ3v) is 5.30. The Kier molecular flexibility index (Phi) is 7.94. The van der Waals surface area contributed by atoms with Crippen LogP contribution in [0.3, 0.4) is 0 Å². The summed E-state index contributed by atoms with van der Waals surface area (Å²) in [5.74, 6) is -2.27. The van der Waals surface area contributed by atoms with Crippen LogP contribution in [0.25, 0.3) is 0 Å². The van der Waals surface area contributed by atoms with Crippen LogP contribution in [0.5, 0.6) is 0 Å². The quantitative estimate of drug-likeness (QED) is 0.380. The maximum absolute atomic E-state index is 14.5. The Morgan fingerprint density at radius 1 is 1.35 bits per heavy atom. The van der Waals surface area contributed by atoms with Crippen LogP contribution >= 0.6 is 15.9 Å². The highest BCUT2D eigenvalue weighted by atomic mass is 79.9. The second-order valence-electron chi connectivity index (χ2n) is 6.42. The summed E-state index contributed by atoms with van der Waals surface area (Å²) in [6, 6.07) is 0.482. The number of rotatable bonds is 6. The van der Waals surface area contributed by atoms with Crippen molar-refractivity contribution in [2.24, 2.45) is 0 Å². The fourth-order valence-electron chi connectivity index (χ4n) is 1.98. The molecule has 0 aliphatic rings. The summed E-state index contributed by atoms with van der Waals surface area (Å²) < 4.78 is 72.7. The number of nitrogens with one attached hydrogen (secondary N) is 1. The summed E-state index contributed by atoms with van der Waals surface area (Å²) in [7, 11) is 0. The molecule has 0 radical (unpaired) electrons. The van der Waals surface area contributed by atoms with Crippen LogP contribution in [-0.4, -0.2) is 21.9 Å². The molecule has 1 N–H and O–H groups in total. The molecule has 4 nitrogen and oxygen atoms in total. The van der Waals surface area contributed by atoms with Gasteiger partial charge in [-0.25, -0.2) is 4.39 Å². The Labute approximate surface area is 161 Å². The van der Waals surface area contributed by atoms with E-state index in [2.05, 4.69) is 20.7 Å². The van der Waals surface area contributed by atoms with Gasteiger partial charge in [-0.2, -0.15) is 13.2 Å². The Hall–Kier alpha value is -0.840. The van der Waals surface area contributed by atoms with E-state index in [0.717, 1.165) is 6.07 Å². The molecule has 1 aromatic carbocycles. The Morgan fingerprint density at radius 3 is 2.38 bits per heavy atom. The minimum absolute atomic E-state index is 0.0153. The maximum Gasteiger partial charge on any atom is 0.419 e. The molecule has 1 unspecified atom stereocenters. The molecule has 0 fully saturated rings. The largest absolute Gasteiger partial charge is 0.598 e. The van der Waals surface area contributed by atoms with E-state index in [9.17, 15) is 26.9 Å². The SMILES string of the molecule is CCOC(=O)CC(N[S@+]([O-])C(C)(C)C)c1cc(Br)cc(C(F)(F)F)c1F. The van der Waals surface area contributed by atoms with Crippen LogP contribution in [-0.2, 0) is 27.1 Å². The normalized spacial score (nSPS) is 14.8. The zero-order chi connectivity index (χ0) is 20.3. The summed E-state index contributed by atoms with van der Waals surface area (Å²) >= 11 is 1.17. The number of hydrogen-bond donors (Lipinski definition) is 1. The van der Waals surface area contributed by atoms with Crippen LogP contribution in [0, 0.1) is 5.82 Å². The number of halogens is 5. The van der Waals surface area contributed by atoms with E-state index in [1.807, 2.05) is 0 Å². The first-order valence-electron chi connectivity index (χ1n) is 7.67. The highest BCUT2D eigenvalue weighted by Gasteiger charge is 2.38. The van der Waals surface area contributed by atoms with Crippen molar-refractivity contribution in [3.05, 3.63) is 33.5 Å². The lowest BCUT2D eigenvalue weighted by Gasteiger charge is -2.28. The summed E-state index contributed by atoms with van der Waals surface area (Å²) in [5, 5.41) is 0. The second-order valence-corrected chi connectivity index (χ2v) is 9.33. The summed E-state index contributed by atoms with van der Waals surface area (Å²) in [6.07, 6.45) is -5.39. The molecule has 2 atom stereocenters. The molecule has 0 saturated heterocycles. The van der Waals surface area contributed by atoms with Crippen LogP contribution in [0.1, 0.15) is 51.3 Å². The van der Waals surface area contributed by atoms with E-state index >= 15 is 0 Å². The predicted molar refractivity (Wildman–Crippen MR) is 94.1 cm³/mol. The van der Waals surface area contributed by atoms with Gasteiger partial charge in [0.15, 0.2) is 0 Å². The first kappa shape index (κ1) is 23.2. The van der Waals surface area contributed by atoms with Gasteiger partial charge in [-0.1, -0.05) is 15.9 Å². The smallest absolute Gasteiger partial charge is 0.419 e. The number of alkyl halides is 3. The lowest BCUT2D eigenvalue weighted by atomic mass is 10.0. The minimum atomic E-state index is -4.92. The number of esters is 1. The van der Waals surface area contributed by atoms with Crippen molar-refractivity contribution >= 4 is 33.3 Å². The number of carbonyl (C=O) groups is 1. The third kappa shape index (κ3) is 6.40. The maximum atomic E-state index is 14.5. The fourth-order valence-corrected chi connectivity index (χ4v) is 3.28. The van der Waals surface area contributed by atoms with Gasteiger partial charge in [-0.3, -0.25) is 4.79 Å². The van der Waals surface area contributed by atoms with Gasteiger partial charge in [0.25, 0.3) is 0 Å². The van der Waals surface area contributed by atoms with Gasteiger partial charge in [-0.15, -0.1) is 4.72 Å². The first-order chi connectivity index (χ1) is 11.8. The lowest BCUT2D eigenvalue weighted by molar-refractivity contribution is -0.143. The molecule has 0 aliphatic heterocycles. The molecular weight excluding hydrogens is 442 g/mol. The molecule has 10 heteroatoms. The molecule has 0 heterocycles. The molecule has 0 amide bonds. The highest BCUT2D eigenvalue weighted by molar-refractivity contribution is 9.10. The number of hydrogen-bond acceptors (Lipinski definition) is 4. The zero-order valence-electron chi connectivity index (χ0n) is 14.7. The van der Waals surface area contributed by atoms with Crippen molar-refractivity contribution in [1.82, 2.24) is 4.72 Å². The Morgan fingerprint density at radius 2 is 1.92 bits per heavy atom. The van der Waals surface area contributed by atoms with E-state index in [1.165, 1.54) is 0 Å². The van der Waals surface area contributed by atoms with Gasteiger partial charge in [-0.05, 0) is 39.8 Å². The number of carbonyl (C=O) groups excluding carboxylic acids is 1. The fraction of sp³-hybridized carbons (Fsp3) is 0.562. The molecule has 0 aliphatic carbocycles. The van der Waals surface area contributed by atoms with E-state index in [1.54, 1.807) is 27.7 Å². The monoisotopic (exact) mass is 461 g/mol. The van der Waals surface area contributed by atoms with Gasteiger partial charge in [0, 0.05) is 21.4 Å². The number of benzene rings is 1. The number of ether oxygens (including phenoxy) is 1. The molecule has 0 aromatic heterocycles. The predicted octanol–water partition coefficient (Wildman–Crippen LogP) is 4.65. The van der Waals surface area contributed by atoms with Crippen LogP contribution in [0.4, 0.5) is 17.6 Å². The average Bonchev–Trinajstić information content (AvgIpc) is 2.46. The lowest BCUT2D eigenvalue weighted by Crippen LogP contribution is -2.42. The summed E-state index contributed by atoms with van der Waals surface area (Å²) in [4.78, 5) is 11.8. The molecule has 26 heavy (non-hydrogen) atoms. The molecule has 0 bridgehead atoms. The van der Waals surface area contributed by atoms with E-state index in [0.29, 0.717) is 6.07 Å². The molecule has 0 spiro atoms.